The Morgan fingerprint density at radius 3 is 2.71 bits per heavy atom. The van der Waals surface area contributed by atoms with Gasteiger partial charge < -0.3 is 4.74 Å². The molecule has 0 spiro atoms. The lowest BCUT2D eigenvalue weighted by molar-refractivity contribution is -0.495. The van der Waals surface area contributed by atoms with Crippen LogP contribution < -0.4 is 4.40 Å². The van der Waals surface area contributed by atoms with Crippen LogP contribution in [0, 0.1) is 0 Å². The van der Waals surface area contributed by atoms with Gasteiger partial charge >= 0.3 is 5.97 Å². The van der Waals surface area contributed by atoms with Gasteiger partial charge in [-0.15, -0.1) is 4.40 Å². The van der Waals surface area contributed by atoms with Crippen LogP contribution >= 0.6 is 22.9 Å². The van der Waals surface area contributed by atoms with Crippen LogP contribution in [-0.2, 0) is 4.74 Å². The molecule has 0 atom stereocenters. The third kappa shape index (κ3) is 2.64. The highest BCUT2D eigenvalue weighted by molar-refractivity contribution is 7.19. The van der Waals surface area contributed by atoms with E-state index in [4.69, 9.17) is 16.3 Å². The number of hydrogen-bond acceptors (Lipinski definition) is 3. The number of carbonyl (C=O) groups excluding carboxylic acids is 1. The molecular weight excluding hydrogens is 306 g/mol. The Hall–Kier alpha value is -1.91. The van der Waals surface area contributed by atoms with Crippen molar-refractivity contribution in [2.75, 3.05) is 6.61 Å². The molecule has 0 saturated carbocycles. The van der Waals surface area contributed by atoms with Crippen molar-refractivity contribution in [3.8, 4) is 11.3 Å². The molecule has 0 fully saturated rings. The zero-order valence-electron chi connectivity index (χ0n) is 11.4. The fourth-order valence-electron chi connectivity index (χ4n) is 2.17. The maximum atomic E-state index is 12.2. The molecule has 0 radical (unpaired) electrons. The largest absolute Gasteiger partial charge is 0.462 e. The van der Waals surface area contributed by atoms with E-state index < -0.39 is 0 Å². The van der Waals surface area contributed by atoms with Crippen LogP contribution in [0.15, 0.2) is 48.7 Å². The average Bonchev–Trinajstić information content (AvgIpc) is 2.88. The molecular formula is C16H13ClNO2S+. The molecule has 0 unspecified atom stereocenters. The summed E-state index contributed by atoms with van der Waals surface area (Å²) in [6, 6.07) is 13.3. The van der Waals surface area contributed by atoms with Crippen molar-refractivity contribution in [1.82, 2.24) is 0 Å². The number of thiazole rings is 1. The lowest BCUT2D eigenvalue weighted by Gasteiger charge is -2.00. The molecule has 0 bridgehead atoms. The summed E-state index contributed by atoms with van der Waals surface area (Å²) in [6.07, 6.45) is 1.94. The van der Waals surface area contributed by atoms with Gasteiger partial charge in [-0.2, -0.15) is 0 Å². The van der Waals surface area contributed by atoms with Crippen molar-refractivity contribution < 1.29 is 13.9 Å². The number of benzene rings is 1. The van der Waals surface area contributed by atoms with E-state index in [9.17, 15) is 4.79 Å². The zero-order valence-corrected chi connectivity index (χ0v) is 12.9. The van der Waals surface area contributed by atoms with Gasteiger partial charge in [-0.25, -0.2) is 4.79 Å². The molecule has 3 rings (SSSR count). The first-order chi connectivity index (χ1) is 10.2. The molecule has 0 aliphatic carbocycles. The average molecular weight is 319 g/mol. The van der Waals surface area contributed by atoms with E-state index in [1.54, 1.807) is 6.92 Å². The van der Waals surface area contributed by atoms with Crippen LogP contribution in [-0.4, -0.2) is 12.6 Å². The summed E-state index contributed by atoms with van der Waals surface area (Å²) in [4.78, 5) is 13.8. The van der Waals surface area contributed by atoms with Crippen LogP contribution in [0.3, 0.4) is 0 Å². The number of carbonyl (C=O) groups is 1. The van der Waals surface area contributed by atoms with Gasteiger partial charge in [0.1, 0.15) is 0 Å². The number of ether oxygens (including phenoxy) is 1. The lowest BCUT2D eigenvalue weighted by atomic mass is 10.1. The van der Waals surface area contributed by atoms with Gasteiger partial charge in [-0.3, -0.25) is 0 Å². The van der Waals surface area contributed by atoms with E-state index in [-0.39, 0.29) is 5.97 Å². The molecule has 0 aliphatic heterocycles. The van der Waals surface area contributed by atoms with E-state index in [1.165, 1.54) is 11.3 Å². The Balaban J connectivity index is 2.24. The van der Waals surface area contributed by atoms with Gasteiger partial charge in [0.15, 0.2) is 11.1 Å². The molecule has 2 heterocycles. The van der Waals surface area contributed by atoms with E-state index in [2.05, 4.69) is 0 Å². The number of fused-ring (bicyclic) bond motifs is 1. The summed E-state index contributed by atoms with van der Waals surface area (Å²) in [7, 11) is 0. The Morgan fingerprint density at radius 2 is 2.00 bits per heavy atom. The number of halogens is 1. The van der Waals surface area contributed by atoms with Crippen molar-refractivity contribution in [1.29, 1.82) is 0 Å². The second-order valence-corrected chi connectivity index (χ2v) is 5.88. The second kappa shape index (κ2) is 5.84. The topological polar surface area (TPSA) is 30.4 Å². The number of esters is 1. The highest BCUT2D eigenvalue weighted by Gasteiger charge is 2.28. The van der Waals surface area contributed by atoms with Crippen LogP contribution in [0.5, 0.6) is 0 Å². The molecule has 1 aromatic carbocycles. The molecule has 2 aromatic heterocycles. The first-order valence-electron chi connectivity index (χ1n) is 6.57. The normalized spacial score (nSPS) is 10.8. The summed E-state index contributed by atoms with van der Waals surface area (Å²) in [5, 5.41) is 0.668. The van der Waals surface area contributed by atoms with Crippen LogP contribution in [0.1, 0.15) is 16.6 Å². The van der Waals surface area contributed by atoms with Gasteiger partial charge in [-0.05, 0) is 37.3 Å². The molecule has 106 valence electrons. The Labute approximate surface area is 131 Å². The maximum absolute atomic E-state index is 12.2. The molecule has 3 aromatic rings. The van der Waals surface area contributed by atoms with E-state index in [0.29, 0.717) is 16.5 Å². The van der Waals surface area contributed by atoms with Crippen LogP contribution in [0.25, 0.3) is 16.1 Å². The molecule has 0 amide bonds. The Bertz CT molecular complexity index is 796. The lowest BCUT2D eigenvalue weighted by Crippen LogP contribution is -2.22. The number of nitrogens with zero attached hydrogens (tertiary/aromatic N) is 1. The number of aromatic nitrogens is 1. The third-order valence-electron chi connectivity index (χ3n) is 3.06. The van der Waals surface area contributed by atoms with Crippen LogP contribution in [0.2, 0.25) is 5.02 Å². The summed E-state index contributed by atoms with van der Waals surface area (Å²) in [6.45, 7) is 2.16. The SMILES string of the molecule is CCOC(=O)c1sc2cccc[n+]2c1-c1ccc(Cl)cc1. The predicted molar refractivity (Wildman–Crippen MR) is 83.9 cm³/mol. The van der Waals surface area contributed by atoms with Gasteiger partial charge in [0.2, 0.25) is 5.69 Å². The first-order valence-corrected chi connectivity index (χ1v) is 7.76. The molecule has 0 N–H and O–H groups in total. The zero-order chi connectivity index (χ0) is 14.8. The molecule has 21 heavy (non-hydrogen) atoms. The fourth-order valence-corrected chi connectivity index (χ4v) is 3.36. The number of rotatable bonds is 3. The minimum atomic E-state index is -0.295. The van der Waals surface area contributed by atoms with E-state index in [0.717, 1.165) is 16.1 Å². The van der Waals surface area contributed by atoms with E-state index in [1.807, 2.05) is 53.1 Å². The van der Waals surface area contributed by atoms with Crippen LogP contribution in [0.4, 0.5) is 0 Å². The van der Waals surface area contributed by atoms with Crippen molar-refractivity contribution in [2.45, 2.75) is 6.92 Å². The Morgan fingerprint density at radius 1 is 1.24 bits per heavy atom. The number of pyridine rings is 1. The van der Waals surface area contributed by atoms with Gasteiger partial charge in [0.25, 0.3) is 4.83 Å². The highest BCUT2D eigenvalue weighted by Crippen LogP contribution is 2.28. The monoisotopic (exact) mass is 318 g/mol. The minimum absolute atomic E-state index is 0.295. The van der Waals surface area contributed by atoms with Crippen molar-refractivity contribution in [3.05, 3.63) is 58.6 Å². The first kappa shape index (κ1) is 14.0. The molecule has 0 aliphatic rings. The van der Waals surface area contributed by atoms with E-state index >= 15 is 0 Å². The quantitative estimate of drug-likeness (QED) is 0.540. The predicted octanol–water partition coefficient (Wildman–Crippen LogP) is 3.98. The summed E-state index contributed by atoms with van der Waals surface area (Å²) < 4.78 is 7.18. The Kier molecular flexibility index (Phi) is 3.90. The van der Waals surface area contributed by atoms with Crippen molar-refractivity contribution >= 4 is 33.7 Å². The molecule has 0 saturated heterocycles. The van der Waals surface area contributed by atoms with Gasteiger partial charge in [0, 0.05) is 22.7 Å². The van der Waals surface area contributed by atoms with Gasteiger partial charge in [0.05, 0.1) is 6.61 Å². The number of hydrogen-bond donors (Lipinski definition) is 0. The summed E-state index contributed by atoms with van der Waals surface area (Å²) in [5.74, 6) is -0.295. The summed E-state index contributed by atoms with van der Waals surface area (Å²) in [5.41, 5.74) is 1.77. The van der Waals surface area contributed by atoms with Crippen molar-refractivity contribution in [3.63, 3.8) is 0 Å². The summed E-state index contributed by atoms with van der Waals surface area (Å²) >= 11 is 7.37. The van der Waals surface area contributed by atoms with Gasteiger partial charge in [-0.1, -0.05) is 22.9 Å². The fraction of sp³-hybridized carbons (Fsp3) is 0.125. The molecule has 3 nitrogen and oxygen atoms in total. The second-order valence-electron chi connectivity index (χ2n) is 4.42. The minimum Gasteiger partial charge on any atom is -0.462 e. The highest BCUT2D eigenvalue weighted by atomic mass is 35.5. The standard InChI is InChI=1S/C16H13ClNO2S/c1-2-20-16(19)15-14(11-6-8-12(17)9-7-11)18-10-4-3-5-13(18)21-15/h3-10H,2H2,1H3/q+1. The third-order valence-corrected chi connectivity index (χ3v) is 4.42. The molecule has 5 heteroatoms. The maximum Gasteiger partial charge on any atom is 0.355 e. The van der Waals surface area contributed by atoms with Crippen molar-refractivity contribution in [2.24, 2.45) is 0 Å². The smallest absolute Gasteiger partial charge is 0.355 e.